The zero-order valence-corrected chi connectivity index (χ0v) is 23.4. The number of benzene rings is 7. The number of nitrogens with zero attached hydrogens (tertiary/aromatic N) is 1. The summed E-state index contributed by atoms with van der Waals surface area (Å²) in [5, 5.41) is 6.74. The molecule has 8 aromatic rings. The number of rotatable bonds is 5. The predicted octanol–water partition coefficient (Wildman–Crippen LogP) is 11.3. The van der Waals surface area contributed by atoms with Crippen LogP contribution in [0.15, 0.2) is 164 Å². The third kappa shape index (κ3) is 4.60. The van der Waals surface area contributed by atoms with E-state index in [4.69, 9.17) is 4.74 Å². The summed E-state index contributed by atoms with van der Waals surface area (Å²) in [4.78, 5) is 4.57. The standard InChI is InChI=1S/C41H27NO/c1-3-11-28(12-4-1)33-24-34(29-13-5-2-6-14-29)26-35(25-33)43-41-37-18-10-9-17-36(37)40(39-27-42-22-21-38(39)41)32-20-19-30-15-7-8-16-31(30)23-32/h1-27H. The van der Waals surface area contributed by atoms with Gasteiger partial charge in [0.05, 0.1) is 0 Å². The highest BCUT2D eigenvalue weighted by Crippen LogP contribution is 2.45. The van der Waals surface area contributed by atoms with Crippen LogP contribution in [0.25, 0.3) is 65.7 Å². The summed E-state index contributed by atoms with van der Waals surface area (Å²) in [6.07, 6.45) is 3.82. The molecule has 0 saturated carbocycles. The summed E-state index contributed by atoms with van der Waals surface area (Å²) < 4.78 is 6.96. The van der Waals surface area contributed by atoms with E-state index >= 15 is 0 Å². The lowest BCUT2D eigenvalue weighted by Gasteiger charge is -2.18. The first kappa shape index (κ1) is 25.0. The fourth-order valence-corrected chi connectivity index (χ4v) is 6.12. The van der Waals surface area contributed by atoms with Crippen LogP contribution in [0.5, 0.6) is 11.5 Å². The minimum atomic E-state index is 0.793. The molecule has 202 valence electrons. The molecule has 0 amide bonds. The Labute approximate surface area is 250 Å². The van der Waals surface area contributed by atoms with E-state index in [2.05, 4.69) is 145 Å². The molecular formula is C41H27NO. The maximum Gasteiger partial charge on any atom is 0.143 e. The first-order valence-corrected chi connectivity index (χ1v) is 14.5. The van der Waals surface area contributed by atoms with Gasteiger partial charge < -0.3 is 4.74 Å². The lowest BCUT2D eigenvalue weighted by molar-refractivity contribution is 0.494. The van der Waals surface area contributed by atoms with Crippen molar-refractivity contribution >= 4 is 32.3 Å². The highest BCUT2D eigenvalue weighted by Gasteiger charge is 2.18. The topological polar surface area (TPSA) is 22.1 Å². The normalized spacial score (nSPS) is 11.3. The molecule has 43 heavy (non-hydrogen) atoms. The van der Waals surface area contributed by atoms with Crippen LogP contribution in [0.1, 0.15) is 0 Å². The molecule has 0 N–H and O–H groups in total. The van der Waals surface area contributed by atoms with Crippen molar-refractivity contribution in [1.29, 1.82) is 0 Å². The first-order chi connectivity index (χ1) is 21.3. The van der Waals surface area contributed by atoms with Crippen LogP contribution < -0.4 is 4.74 Å². The van der Waals surface area contributed by atoms with E-state index in [0.717, 1.165) is 60.9 Å². The molecule has 7 aromatic carbocycles. The number of aromatic nitrogens is 1. The molecule has 2 nitrogen and oxygen atoms in total. The van der Waals surface area contributed by atoms with Crippen molar-refractivity contribution < 1.29 is 4.74 Å². The Morgan fingerprint density at radius 3 is 1.72 bits per heavy atom. The van der Waals surface area contributed by atoms with Crippen LogP contribution >= 0.6 is 0 Å². The first-order valence-electron chi connectivity index (χ1n) is 14.5. The zero-order chi connectivity index (χ0) is 28.6. The van der Waals surface area contributed by atoms with Gasteiger partial charge in [-0.15, -0.1) is 0 Å². The smallest absolute Gasteiger partial charge is 0.143 e. The van der Waals surface area contributed by atoms with Gasteiger partial charge in [0.2, 0.25) is 0 Å². The average Bonchev–Trinajstić information content (AvgIpc) is 3.09. The summed E-state index contributed by atoms with van der Waals surface area (Å²) >= 11 is 0. The van der Waals surface area contributed by atoms with Gasteiger partial charge in [0, 0.05) is 28.6 Å². The van der Waals surface area contributed by atoms with E-state index in [1.54, 1.807) is 0 Å². The Morgan fingerprint density at radius 1 is 0.395 bits per heavy atom. The number of pyridine rings is 1. The molecule has 0 aliphatic heterocycles. The Balaban J connectivity index is 1.35. The average molecular weight is 550 g/mol. The fourth-order valence-electron chi connectivity index (χ4n) is 6.12. The van der Waals surface area contributed by atoms with Crippen molar-refractivity contribution in [2.45, 2.75) is 0 Å². The zero-order valence-electron chi connectivity index (χ0n) is 23.4. The van der Waals surface area contributed by atoms with Gasteiger partial charge in [0.1, 0.15) is 11.5 Å². The SMILES string of the molecule is c1ccc(-c2cc(Oc3c4ccccc4c(-c4ccc5ccccc5c4)c4cnccc34)cc(-c3ccccc3)c2)cc1. The molecule has 0 fully saturated rings. The largest absolute Gasteiger partial charge is 0.456 e. The number of fused-ring (bicyclic) bond motifs is 3. The third-order valence-electron chi connectivity index (χ3n) is 8.15. The van der Waals surface area contributed by atoms with Crippen LogP contribution in [-0.4, -0.2) is 4.98 Å². The van der Waals surface area contributed by atoms with Gasteiger partial charge >= 0.3 is 0 Å². The molecule has 0 atom stereocenters. The van der Waals surface area contributed by atoms with Crippen LogP contribution in [0.3, 0.4) is 0 Å². The molecule has 0 aliphatic carbocycles. The highest BCUT2D eigenvalue weighted by atomic mass is 16.5. The lowest BCUT2D eigenvalue weighted by atomic mass is 9.91. The van der Waals surface area contributed by atoms with Crippen molar-refractivity contribution in [1.82, 2.24) is 4.98 Å². The van der Waals surface area contributed by atoms with Gasteiger partial charge in [-0.25, -0.2) is 0 Å². The molecule has 0 saturated heterocycles. The van der Waals surface area contributed by atoms with E-state index in [9.17, 15) is 0 Å². The van der Waals surface area contributed by atoms with Gasteiger partial charge in [-0.2, -0.15) is 0 Å². The fraction of sp³-hybridized carbons (Fsp3) is 0. The number of ether oxygens (including phenoxy) is 1. The summed E-state index contributed by atoms with van der Waals surface area (Å²) in [7, 11) is 0. The van der Waals surface area contributed by atoms with Crippen LogP contribution in [0.4, 0.5) is 0 Å². The van der Waals surface area contributed by atoms with Gasteiger partial charge in [-0.3, -0.25) is 4.98 Å². The highest BCUT2D eigenvalue weighted by molar-refractivity contribution is 6.17. The van der Waals surface area contributed by atoms with E-state index in [-0.39, 0.29) is 0 Å². The second kappa shape index (κ2) is 10.6. The van der Waals surface area contributed by atoms with E-state index in [1.165, 1.54) is 16.3 Å². The molecule has 1 heterocycles. The Kier molecular flexibility index (Phi) is 6.16. The Hall–Kier alpha value is -5.73. The molecule has 0 spiro atoms. The molecule has 0 unspecified atom stereocenters. The molecule has 8 rings (SSSR count). The number of hydrogen-bond acceptors (Lipinski definition) is 2. The van der Waals surface area contributed by atoms with Crippen molar-refractivity contribution in [3.8, 4) is 44.9 Å². The van der Waals surface area contributed by atoms with Gasteiger partial charge in [-0.1, -0.05) is 121 Å². The number of hydrogen-bond donors (Lipinski definition) is 0. The minimum Gasteiger partial charge on any atom is -0.456 e. The predicted molar refractivity (Wildman–Crippen MR) is 180 cm³/mol. The molecular weight excluding hydrogens is 522 g/mol. The third-order valence-corrected chi connectivity index (χ3v) is 8.15. The molecule has 2 heteroatoms. The van der Waals surface area contributed by atoms with E-state index < -0.39 is 0 Å². The minimum absolute atomic E-state index is 0.793. The molecule has 0 radical (unpaired) electrons. The summed E-state index contributed by atoms with van der Waals surface area (Å²) in [5.41, 5.74) is 6.85. The maximum absolute atomic E-state index is 6.96. The van der Waals surface area contributed by atoms with E-state index in [0.29, 0.717) is 0 Å². The van der Waals surface area contributed by atoms with E-state index in [1.807, 2.05) is 24.5 Å². The van der Waals surface area contributed by atoms with Gasteiger partial charge in [0.25, 0.3) is 0 Å². The molecule has 0 bridgehead atoms. The Bertz CT molecular complexity index is 2140. The van der Waals surface area contributed by atoms with Gasteiger partial charge in [0.15, 0.2) is 0 Å². The summed E-state index contributed by atoms with van der Waals surface area (Å²) in [6, 6.07) is 53.3. The van der Waals surface area contributed by atoms with Crippen molar-refractivity contribution in [3.05, 3.63) is 164 Å². The van der Waals surface area contributed by atoms with Crippen molar-refractivity contribution in [2.24, 2.45) is 0 Å². The van der Waals surface area contributed by atoms with Crippen LogP contribution in [-0.2, 0) is 0 Å². The second-order valence-corrected chi connectivity index (χ2v) is 10.8. The van der Waals surface area contributed by atoms with Crippen molar-refractivity contribution in [3.63, 3.8) is 0 Å². The Morgan fingerprint density at radius 2 is 1.00 bits per heavy atom. The quantitative estimate of drug-likeness (QED) is 0.199. The van der Waals surface area contributed by atoms with Crippen molar-refractivity contribution in [2.75, 3.05) is 0 Å². The van der Waals surface area contributed by atoms with Crippen LogP contribution in [0, 0.1) is 0 Å². The summed E-state index contributed by atoms with van der Waals surface area (Å²) in [6.45, 7) is 0. The summed E-state index contributed by atoms with van der Waals surface area (Å²) in [5.74, 6) is 1.63. The maximum atomic E-state index is 6.96. The molecule has 0 aliphatic rings. The molecule has 1 aromatic heterocycles. The monoisotopic (exact) mass is 549 g/mol. The van der Waals surface area contributed by atoms with Crippen LogP contribution in [0.2, 0.25) is 0 Å². The van der Waals surface area contributed by atoms with Gasteiger partial charge in [-0.05, 0) is 79.9 Å². The lowest BCUT2D eigenvalue weighted by Crippen LogP contribution is -1.94. The second-order valence-electron chi connectivity index (χ2n) is 10.8.